The topological polar surface area (TPSA) is 16.1 Å². The molecule has 1 fully saturated rings. The van der Waals surface area contributed by atoms with Crippen molar-refractivity contribution >= 4 is 15.9 Å². The number of nitrogens with zero attached hydrogens (tertiary/aromatic N) is 2. The van der Waals surface area contributed by atoms with Crippen molar-refractivity contribution in [2.45, 2.75) is 33.2 Å². The number of likely N-dealkylation sites (tertiary alicyclic amines) is 1. The Labute approximate surface area is 113 Å². The van der Waals surface area contributed by atoms with E-state index >= 15 is 0 Å². The molecule has 0 aromatic carbocycles. The van der Waals surface area contributed by atoms with E-state index in [2.05, 4.69) is 51.8 Å². The number of hydrogen-bond acceptors (Lipinski definition) is 2. The van der Waals surface area contributed by atoms with Gasteiger partial charge < -0.3 is 0 Å². The van der Waals surface area contributed by atoms with Gasteiger partial charge in [0.1, 0.15) is 0 Å². The number of hydrogen-bond donors (Lipinski definition) is 0. The molecule has 0 saturated carbocycles. The summed E-state index contributed by atoms with van der Waals surface area (Å²) in [6.45, 7) is 8.13. The molecule has 94 valence electrons. The molecule has 2 rings (SSSR count). The van der Waals surface area contributed by atoms with Crippen LogP contribution in [0.1, 0.15) is 32.4 Å². The molecule has 0 radical (unpaired) electrons. The third-order valence-electron chi connectivity index (χ3n) is 3.75. The normalized spacial score (nSPS) is 18.8. The van der Waals surface area contributed by atoms with Crippen LogP contribution in [0.3, 0.4) is 0 Å². The van der Waals surface area contributed by atoms with Crippen LogP contribution in [0.4, 0.5) is 0 Å². The lowest BCUT2D eigenvalue weighted by atomic mass is 9.87. The van der Waals surface area contributed by atoms with Crippen LogP contribution in [0.15, 0.2) is 22.8 Å². The minimum atomic E-state index is 0.836. The highest BCUT2D eigenvalue weighted by molar-refractivity contribution is 9.10. The van der Waals surface area contributed by atoms with E-state index in [4.69, 9.17) is 0 Å². The number of aromatic nitrogens is 1. The number of halogens is 1. The molecular weight excluding hydrogens is 276 g/mol. The summed E-state index contributed by atoms with van der Waals surface area (Å²) in [7, 11) is 0. The summed E-state index contributed by atoms with van der Waals surface area (Å²) < 4.78 is 1.06. The van der Waals surface area contributed by atoms with Gasteiger partial charge in [-0.1, -0.05) is 13.8 Å². The molecular formula is C14H21BrN2. The van der Waals surface area contributed by atoms with Crippen LogP contribution in [0.5, 0.6) is 0 Å². The predicted octanol–water partition coefficient (Wildman–Crippen LogP) is 3.71. The molecule has 2 heterocycles. The molecule has 0 atom stereocenters. The first kappa shape index (κ1) is 13.0. The van der Waals surface area contributed by atoms with E-state index in [1.165, 1.54) is 31.6 Å². The Morgan fingerprint density at radius 3 is 2.59 bits per heavy atom. The van der Waals surface area contributed by atoms with E-state index in [0.29, 0.717) is 0 Å². The summed E-state index contributed by atoms with van der Waals surface area (Å²) in [6, 6.07) is 4.18. The van der Waals surface area contributed by atoms with Crippen molar-refractivity contribution in [3.8, 4) is 0 Å². The van der Waals surface area contributed by atoms with Crippen LogP contribution >= 0.6 is 15.9 Å². The van der Waals surface area contributed by atoms with Crippen LogP contribution in [-0.2, 0) is 6.54 Å². The van der Waals surface area contributed by atoms with E-state index < -0.39 is 0 Å². The van der Waals surface area contributed by atoms with Crippen molar-refractivity contribution in [2.75, 3.05) is 13.1 Å². The second-order valence-corrected chi connectivity index (χ2v) is 6.24. The molecule has 0 spiro atoms. The first-order valence-electron chi connectivity index (χ1n) is 6.48. The third kappa shape index (κ3) is 3.78. The second-order valence-electron chi connectivity index (χ2n) is 5.33. The van der Waals surface area contributed by atoms with Crippen LogP contribution in [0.25, 0.3) is 0 Å². The van der Waals surface area contributed by atoms with Crippen molar-refractivity contribution in [2.24, 2.45) is 11.8 Å². The zero-order chi connectivity index (χ0) is 12.3. The summed E-state index contributed by atoms with van der Waals surface area (Å²) >= 11 is 3.42. The van der Waals surface area contributed by atoms with E-state index in [1.54, 1.807) is 0 Å². The number of pyridine rings is 1. The Bertz CT molecular complexity index is 340. The van der Waals surface area contributed by atoms with Gasteiger partial charge in [-0.3, -0.25) is 9.88 Å². The Kier molecular flexibility index (Phi) is 4.57. The highest BCUT2D eigenvalue weighted by Crippen LogP contribution is 2.25. The Morgan fingerprint density at radius 2 is 2.06 bits per heavy atom. The molecule has 0 unspecified atom stereocenters. The van der Waals surface area contributed by atoms with Gasteiger partial charge in [-0.05, 0) is 65.8 Å². The molecule has 17 heavy (non-hydrogen) atoms. The van der Waals surface area contributed by atoms with E-state index in [1.807, 2.05) is 6.20 Å². The molecule has 0 bridgehead atoms. The summed E-state index contributed by atoms with van der Waals surface area (Å²) in [6.07, 6.45) is 4.57. The van der Waals surface area contributed by atoms with Gasteiger partial charge in [-0.15, -0.1) is 0 Å². The molecule has 0 amide bonds. The van der Waals surface area contributed by atoms with Crippen molar-refractivity contribution in [3.05, 3.63) is 28.5 Å². The van der Waals surface area contributed by atoms with Crippen LogP contribution < -0.4 is 0 Å². The lowest BCUT2D eigenvalue weighted by Gasteiger charge is -2.33. The maximum Gasteiger partial charge on any atom is 0.0544 e. The lowest BCUT2D eigenvalue weighted by Crippen LogP contribution is -2.34. The first-order valence-corrected chi connectivity index (χ1v) is 7.27. The zero-order valence-electron chi connectivity index (χ0n) is 10.7. The highest BCUT2D eigenvalue weighted by atomic mass is 79.9. The van der Waals surface area contributed by atoms with E-state index in [0.717, 1.165) is 22.9 Å². The van der Waals surface area contributed by atoms with Crippen molar-refractivity contribution < 1.29 is 0 Å². The average molecular weight is 297 g/mol. The summed E-state index contributed by atoms with van der Waals surface area (Å²) in [5, 5.41) is 0. The molecule has 1 aromatic rings. The van der Waals surface area contributed by atoms with Crippen molar-refractivity contribution in [1.29, 1.82) is 0 Å². The lowest BCUT2D eigenvalue weighted by molar-refractivity contribution is 0.150. The van der Waals surface area contributed by atoms with E-state index in [9.17, 15) is 0 Å². The monoisotopic (exact) mass is 296 g/mol. The Balaban J connectivity index is 1.84. The van der Waals surface area contributed by atoms with Gasteiger partial charge in [0.15, 0.2) is 0 Å². The highest BCUT2D eigenvalue weighted by Gasteiger charge is 2.21. The predicted molar refractivity (Wildman–Crippen MR) is 74.8 cm³/mol. The Hall–Kier alpha value is -0.410. The maximum atomic E-state index is 4.44. The van der Waals surface area contributed by atoms with Crippen LogP contribution in [0.2, 0.25) is 0 Å². The molecule has 0 N–H and O–H groups in total. The first-order chi connectivity index (χ1) is 8.15. The van der Waals surface area contributed by atoms with Gasteiger partial charge in [0.25, 0.3) is 0 Å². The fourth-order valence-corrected chi connectivity index (χ4v) is 2.74. The van der Waals surface area contributed by atoms with Gasteiger partial charge in [0, 0.05) is 17.2 Å². The third-order valence-corrected chi connectivity index (χ3v) is 4.22. The molecule has 1 aliphatic heterocycles. The molecule has 3 heteroatoms. The second kappa shape index (κ2) is 5.96. The number of piperidine rings is 1. The van der Waals surface area contributed by atoms with E-state index in [-0.39, 0.29) is 0 Å². The van der Waals surface area contributed by atoms with Gasteiger partial charge in [0.05, 0.1) is 5.69 Å². The van der Waals surface area contributed by atoms with Crippen LogP contribution in [-0.4, -0.2) is 23.0 Å². The van der Waals surface area contributed by atoms with Crippen molar-refractivity contribution in [3.63, 3.8) is 0 Å². The van der Waals surface area contributed by atoms with Gasteiger partial charge in [-0.2, -0.15) is 0 Å². The van der Waals surface area contributed by atoms with Gasteiger partial charge in [0.2, 0.25) is 0 Å². The molecule has 1 aromatic heterocycles. The minimum Gasteiger partial charge on any atom is -0.297 e. The quantitative estimate of drug-likeness (QED) is 0.845. The largest absolute Gasteiger partial charge is 0.297 e. The number of rotatable bonds is 3. The fraction of sp³-hybridized carbons (Fsp3) is 0.643. The molecule has 2 nitrogen and oxygen atoms in total. The van der Waals surface area contributed by atoms with Crippen LogP contribution in [0, 0.1) is 11.8 Å². The smallest absolute Gasteiger partial charge is 0.0544 e. The van der Waals surface area contributed by atoms with Crippen molar-refractivity contribution in [1.82, 2.24) is 9.88 Å². The van der Waals surface area contributed by atoms with Gasteiger partial charge in [-0.25, -0.2) is 0 Å². The molecule has 0 aliphatic carbocycles. The Morgan fingerprint density at radius 1 is 1.35 bits per heavy atom. The molecule has 1 saturated heterocycles. The minimum absolute atomic E-state index is 0.836. The summed E-state index contributed by atoms with van der Waals surface area (Å²) in [5.41, 5.74) is 1.18. The zero-order valence-corrected chi connectivity index (χ0v) is 12.3. The summed E-state index contributed by atoms with van der Waals surface area (Å²) in [4.78, 5) is 6.96. The summed E-state index contributed by atoms with van der Waals surface area (Å²) in [5.74, 6) is 1.76. The average Bonchev–Trinajstić information content (AvgIpc) is 2.33. The van der Waals surface area contributed by atoms with Gasteiger partial charge >= 0.3 is 0 Å². The molecule has 1 aliphatic rings. The maximum absolute atomic E-state index is 4.44. The fourth-order valence-electron chi connectivity index (χ4n) is 2.51. The standard InChI is InChI=1S/C14H21BrN2/c1-11(2)12-5-7-17(8-6-12)10-14-4-3-13(15)9-16-14/h3-4,9,11-12H,5-8,10H2,1-2H3. The SMILES string of the molecule is CC(C)C1CCN(Cc2ccc(Br)cn2)CC1.